The smallest absolute Gasteiger partial charge is 0.294 e. The average Bonchev–Trinajstić information content (AvgIpc) is 2.88. The topological polar surface area (TPSA) is 130 Å². The summed E-state index contributed by atoms with van der Waals surface area (Å²) in [7, 11) is 1.76. The lowest BCUT2D eigenvalue weighted by molar-refractivity contribution is -0.384. The van der Waals surface area contributed by atoms with Gasteiger partial charge in [-0.2, -0.15) is 0 Å². The molecule has 2 saturated heterocycles. The van der Waals surface area contributed by atoms with E-state index in [2.05, 4.69) is 31.5 Å². The molecule has 0 aliphatic carbocycles. The Bertz CT molecular complexity index is 1180. The normalized spacial score (nSPS) is 21.9. The molecule has 0 saturated carbocycles. The fourth-order valence-corrected chi connectivity index (χ4v) is 5.41. The molecular weight excluding hydrogens is 544 g/mol. The van der Waals surface area contributed by atoms with Gasteiger partial charge in [-0.25, -0.2) is 0 Å². The molecule has 1 aromatic carbocycles. The van der Waals surface area contributed by atoms with Crippen LogP contribution in [-0.4, -0.2) is 83.0 Å². The summed E-state index contributed by atoms with van der Waals surface area (Å²) in [6.07, 6.45) is 4.58. The van der Waals surface area contributed by atoms with Crippen molar-refractivity contribution in [2.45, 2.75) is 44.8 Å². The van der Waals surface area contributed by atoms with Crippen molar-refractivity contribution in [2.75, 3.05) is 44.0 Å². The van der Waals surface area contributed by atoms with E-state index in [1.165, 1.54) is 12.3 Å². The molecule has 0 unspecified atom stereocenters. The fraction of sp³-hybridized carbons (Fsp3) is 0.480. The minimum absolute atomic E-state index is 0.159. The largest absolute Gasteiger partial charge is 0.387 e. The highest BCUT2D eigenvalue weighted by Gasteiger charge is 2.35. The van der Waals surface area contributed by atoms with Crippen LogP contribution < -0.4 is 10.6 Å². The van der Waals surface area contributed by atoms with Gasteiger partial charge in [0.2, 0.25) is 0 Å². The van der Waals surface area contributed by atoms with Gasteiger partial charge < -0.3 is 25.2 Å². The van der Waals surface area contributed by atoms with E-state index in [4.69, 9.17) is 4.74 Å². The van der Waals surface area contributed by atoms with Crippen LogP contribution in [0, 0.1) is 10.1 Å². The van der Waals surface area contributed by atoms with Gasteiger partial charge >= 0.3 is 0 Å². The molecule has 4 rings (SSSR count). The molecule has 2 aromatic rings. The molecule has 2 amide bonds. The maximum Gasteiger partial charge on any atom is 0.294 e. The van der Waals surface area contributed by atoms with Crippen molar-refractivity contribution in [1.29, 1.82) is 0 Å². The zero-order valence-corrected chi connectivity index (χ0v) is 22.7. The van der Waals surface area contributed by atoms with E-state index in [9.17, 15) is 19.7 Å². The summed E-state index contributed by atoms with van der Waals surface area (Å²) in [4.78, 5) is 46.0. The minimum atomic E-state index is -0.489. The summed E-state index contributed by atoms with van der Waals surface area (Å²) in [6, 6.07) is 4.13. The van der Waals surface area contributed by atoms with E-state index in [0.29, 0.717) is 49.2 Å². The van der Waals surface area contributed by atoms with Crippen molar-refractivity contribution in [2.24, 2.45) is 0 Å². The number of hydrogen-bond acceptors (Lipinski definition) is 8. The molecule has 1 aromatic heterocycles. The molecule has 11 nitrogen and oxygen atoms in total. The molecule has 0 radical (unpaired) electrons. The molecule has 3 heterocycles. The predicted molar refractivity (Wildman–Crippen MR) is 143 cm³/mol. The van der Waals surface area contributed by atoms with Gasteiger partial charge in [-0.1, -0.05) is 15.9 Å². The van der Waals surface area contributed by atoms with Crippen LogP contribution in [0.5, 0.6) is 0 Å². The number of anilines is 2. The number of amides is 2. The summed E-state index contributed by atoms with van der Waals surface area (Å²) in [5.74, 6) is -0.456. The highest BCUT2D eigenvalue weighted by molar-refractivity contribution is 9.10. The number of benzene rings is 1. The molecule has 0 spiro atoms. The van der Waals surface area contributed by atoms with E-state index in [-0.39, 0.29) is 46.9 Å². The van der Waals surface area contributed by atoms with E-state index >= 15 is 0 Å². The van der Waals surface area contributed by atoms with Crippen LogP contribution in [0.15, 0.2) is 35.1 Å². The van der Waals surface area contributed by atoms with Gasteiger partial charge in [0, 0.05) is 49.1 Å². The lowest BCUT2D eigenvalue weighted by atomic mass is 10.0. The van der Waals surface area contributed by atoms with Gasteiger partial charge in [-0.15, -0.1) is 0 Å². The lowest BCUT2D eigenvalue weighted by Gasteiger charge is -2.39. The Kier molecular flexibility index (Phi) is 8.28. The lowest BCUT2D eigenvalue weighted by Crippen LogP contribution is -2.52. The number of pyridine rings is 1. The summed E-state index contributed by atoms with van der Waals surface area (Å²) in [5, 5.41) is 18.3. The average molecular weight is 575 g/mol. The van der Waals surface area contributed by atoms with Crippen LogP contribution in [-0.2, 0) is 4.74 Å². The van der Waals surface area contributed by atoms with Gasteiger partial charge in [-0.3, -0.25) is 24.7 Å². The highest BCUT2D eigenvalue weighted by Crippen LogP contribution is 2.36. The number of likely N-dealkylation sites (tertiary alicyclic amines) is 1. The monoisotopic (exact) mass is 574 g/mol. The van der Waals surface area contributed by atoms with E-state index in [1.807, 2.05) is 13.8 Å². The SMILES string of the molecule is CNc1cncc(C(=O)N2CCC[C@@H](Nc3c(C(=O)N4[C@H](C)COC[C@@H]4C)cc(Br)cc3[N+](=O)[O-])C2)c1. The first-order valence-electron chi connectivity index (χ1n) is 12.3. The number of nitrogens with zero attached hydrogens (tertiary/aromatic N) is 4. The zero-order chi connectivity index (χ0) is 26.7. The van der Waals surface area contributed by atoms with Gasteiger partial charge in [0.25, 0.3) is 17.5 Å². The maximum atomic E-state index is 13.7. The third kappa shape index (κ3) is 5.85. The number of nitro benzene ring substituents is 1. The van der Waals surface area contributed by atoms with Crippen molar-refractivity contribution < 1.29 is 19.2 Å². The summed E-state index contributed by atoms with van der Waals surface area (Å²) >= 11 is 3.34. The molecule has 2 fully saturated rings. The molecule has 12 heteroatoms. The number of nitrogens with one attached hydrogen (secondary N) is 2. The third-order valence-electron chi connectivity index (χ3n) is 6.74. The minimum Gasteiger partial charge on any atom is -0.387 e. The van der Waals surface area contributed by atoms with Crippen LogP contribution in [0.4, 0.5) is 17.1 Å². The molecule has 2 N–H and O–H groups in total. The third-order valence-corrected chi connectivity index (χ3v) is 7.20. The van der Waals surface area contributed by atoms with Gasteiger partial charge in [0.05, 0.1) is 47.0 Å². The zero-order valence-electron chi connectivity index (χ0n) is 21.1. The Hall–Kier alpha value is -3.25. The van der Waals surface area contributed by atoms with E-state index < -0.39 is 4.92 Å². The number of aromatic nitrogens is 1. The second-order valence-electron chi connectivity index (χ2n) is 9.50. The summed E-state index contributed by atoms with van der Waals surface area (Å²) in [6.45, 7) is 5.51. The number of morpholine rings is 1. The number of nitro groups is 1. The first kappa shape index (κ1) is 26.8. The summed E-state index contributed by atoms with van der Waals surface area (Å²) < 4.78 is 6.00. The second kappa shape index (κ2) is 11.4. The van der Waals surface area contributed by atoms with Crippen molar-refractivity contribution in [3.05, 3.63) is 56.3 Å². The van der Waals surface area contributed by atoms with Gasteiger partial charge in [0.1, 0.15) is 5.69 Å². The number of ether oxygens (including phenoxy) is 1. The number of carbonyl (C=O) groups excluding carboxylic acids is 2. The highest BCUT2D eigenvalue weighted by atomic mass is 79.9. The van der Waals surface area contributed by atoms with Crippen LogP contribution in [0.2, 0.25) is 0 Å². The Morgan fingerprint density at radius 3 is 2.57 bits per heavy atom. The van der Waals surface area contributed by atoms with Crippen molar-refractivity contribution >= 4 is 44.8 Å². The molecule has 2 aliphatic heterocycles. The van der Waals surface area contributed by atoms with Crippen LogP contribution >= 0.6 is 15.9 Å². The molecule has 198 valence electrons. The Labute approximate surface area is 223 Å². The van der Waals surface area contributed by atoms with Crippen LogP contribution in [0.25, 0.3) is 0 Å². The van der Waals surface area contributed by atoms with Gasteiger partial charge in [-0.05, 0) is 38.8 Å². The molecule has 3 atom stereocenters. The number of carbonyl (C=O) groups is 2. The van der Waals surface area contributed by atoms with E-state index in [1.54, 1.807) is 35.2 Å². The Balaban J connectivity index is 1.62. The Morgan fingerprint density at radius 2 is 1.89 bits per heavy atom. The predicted octanol–water partition coefficient (Wildman–Crippen LogP) is 3.76. The number of rotatable bonds is 6. The van der Waals surface area contributed by atoms with E-state index in [0.717, 1.165) is 5.69 Å². The molecule has 37 heavy (non-hydrogen) atoms. The molecular formula is C25H31BrN6O5. The van der Waals surface area contributed by atoms with Crippen LogP contribution in [0.3, 0.4) is 0 Å². The first-order valence-corrected chi connectivity index (χ1v) is 13.1. The fourth-order valence-electron chi connectivity index (χ4n) is 4.96. The molecule has 0 bridgehead atoms. The summed E-state index contributed by atoms with van der Waals surface area (Å²) in [5.41, 5.74) is 1.39. The number of piperidine rings is 1. The second-order valence-corrected chi connectivity index (χ2v) is 10.4. The number of halogens is 1. The first-order chi connectivity index (χ1) is 17.7. The van der Waals surface area contributed by atoms with Crippen molar-refractivity contribution in [1.82, 2.24) is 14.8 Å². The molecule has 2 aliphatic rings. The van der Waals surface area contributed by atoms with Crippen molar-refractivity contribution in [3.8, 4) is 0 Å². The van der Waals surface area contributed by atoms with Gasteiger partial charge in [0.15, 0.2) is 0 Å². The van der Waals surface area contributed by atoms with Crippen LogP contribution in [0.1, 0.15) is 47.4 Å². The van der Waals surface area contributed by atoms with Crippen molar-refractivity contribution in [3.63, 3.8) is 0 Å². The quantitative estimate of drug-likeness (QED) is 0.394. The Morgan fingerprint density at radius 1 is 1.16 bits per heavy atom. The maximum absolute atomic E-state index is 13.7. The number of hydrogen-bond donors (Lipinski definition) is 2. The standard InChI is InChI=1S/C25H31BrN6O5/c1-15-13-37-14-16(2)31(15)25(34)21-8-18(26)9-22(32(35)36)23(21)29-19-5-4-6-30(12-19)24(33)17-7-20(27-3)11-28-10-17/h7-11,15-16,19,27,29H,4-6,12-14H2,1-3H3/t15-,16+,19-/m1/s1.